The molecule has 2 amide bonds. The zero-order valence-electron chi connectivity index (χ0n) is 23.9. The molecular formula is C23H32ClN9O7S4. The first kappa shape index (κ1) is 35.7. The summed E-state index contributed by atoms with van der Waals surface area (Å²) >= 11 is 4.84. The molecule has 44 heavy (non-hydrogen) atoms. The molecule has 2 aliphatic rings. The molecule has 3 atom stereocenters. The van der Waals surface area contributed by atoms with Crippen LogP contribution in [0.4, 0.5) is 5.13 Å². The van der Waals surface area contributed by atoms with Crippen molar-refractivity contribution in [2.45, 2.75) is 42.9 Å². The third kappa shape index (κ3) is 8.47. The average Bonchev–Trinajstić information content (AvgIpc) is 3.65. The Balaban J connectivity index is 0.00000529. The van der Waals surface area contributed by atoms with Gasteiger partial charge in [0.15, 0.2) is 9.47 Å². The van der Waals surface area contributed by atoms with Crippen LogP contribution >= 0.6 is 58.8 Å². The first-order valence-corrected chi connectivity index (χ1v) is 16.6. The first-order valence-electron chi connectivity index (χ1n) is 12.9. The summed E-state index contributed by atoms with van der Waals surface area (Å²) in [4.78, 5) is 62.7. The van der Waals surface area contributed by atoms with Crippen molar-refractivity contribution in [1.29, 1.82) is 0 Å². The Morgan fingerprint density at radius 3 is 2.70 bits per heavy atom. The van der Waals surface area contributed by atoms with E-state index in [9.17, 15) is 19.2 Å². The smallest absolute Gasteiger partial charge is 0.318 e. The van der Waals surface area contributed by atoms with Crippen molar-refractivity contribution in [1.82, 2.24) is 29.8 Å². The van der Waals surface area contributed by atoms with Crippen LogP contribution in [0.5, 0.6) is 0 Å². The summed E-state index contributed by atoms with van der Waals surface area (Å²) in [5, 5.41) is 14.1. The maximum absolute atomic E-state index is 13.4. The lowest BCUT2D eigenvalue weighted by Crippen LogP contribution is -2.74. The highest BCUT2D eigenvalue weighted by atomic mass is 35.5. The number of hydrogen-bond donors (Lipinski definition) is 3. The number of amides is 2. The lowest BCUT2D eigenvalue weighted by molar-refractivity contribution is -0.180. The number of halogens is 1. The predicted octanol–water partition coefficient (Wildman–Crippen LogP) is 0.732. The van der Waals surface area contributed by atoms with E-state index in [1.807, 2.05) is 0 Å². The lowest BCUT2D eigenvalue weighted by atomic mass is 9.89. The third-order valence-electron chi connectivity index (χ3n) is 6.13. The second kappa shape index (κ2) is 15.5. The number of hydrogen-bond acceptors (Lipinski definition) is 18. The van der Waals surface area contributed by atoms with Gasteiger partial charge in [-0.2, -0.15) is 9.36 Å². The SMILES string of the molecule is CC(C)(C)C(=O)OCOC(=O)C1(CSc2nncs2)CS[C@@H]2C(NC(=O)C(=NOCCCN)c3nsc(N)n3)C(=O)N2C1.Cl. The molecule has 242 valence electrons. The second-order valence-electron chi connectivity index (χ2n) is 10.5. The molecule has 0 aromatic carbocycles. The maximum Gasteiger partial charge on any atom is 0.318 e. The van der Waals surface area contributed by atoms with E-state index in [1.165, 1.54) is 39.8 Å². The molecule has 21 heteroatoms. The summed E-state index contributed by atoms with van der Waals surface area (Å²) in [5.74, 6) is -1.77. The number of thioether (sulfide) groups is 2. The van der Waals surface area contributed by atoms with Gasteiger partial charge in [-0.15, -0.1) is 34.4 Å². The molecule has 0 aliphatic carbocycles. The summed E-state index contributed by atoms with van der Waals surface area (Å²) in [6, 6.07) is -0.889. The number of β-lactam (4-membered cyclic amide) rings is 1. The van der Waals surface area contributed by atoms with Gasteiger partial charge in [0.25, 0.3) is 5.91 Å². The molecule has 16 nitrogen and oxygen atoms in total. The molecule has 2 aromatic rings. The Morgan fingerprint density at radius 2 is 2.07 bits per heavy atom. The van der Waals surface area contributed by atoms with Crippen LogP contribution in [-0.2, 0) is 33.5 Å². The summed E-state index contributed by atoms with van der Waals surface area (Å²) in [6.07, 6.45) is 0.514. The summed E-state index contributed by atoms with van der Waals surface area (Å²) < 4.78 is 15.2. The van der Waals surface area contributed by atoms with Gasteiger partial charge >= 0.3 is 11.9 Å². The lowest BCUT2D eigenvalue weighted by Gasteiger charge is -2.54. The first-order chi connectivity index (χ1) is 20.4. The Hall–Kier alpha value is -2.78. The zero-order valence-corrected chi connectivity index (χ0v) is 28.0. The Kier molecular flexibility index (Phi) is 12.6. The fraction of sp³-hybridized carbons (Fsp3) is 0.609. The summed E-state index contributed by atoms with van der Waals surface area (Å²) in [5.41, 5.74) is 10.6. The minimum atomic E-state index is -1.14. The van der Waals surface area contributed by atoms with E-state index in [0.717, 1.165) is 11.5 Å². The van der Waals surface area contributed by atoms with E-state index in [2.05, 4.69) is 30.0 Å². The van der Waals surface area contributed by atoms with Crippen LogP contribution in [0, 0.1) is 10.8 Å². The molecule has 2 unspecified atom stereocenters. The number of nitrogen functional groups attached to an aromatic ring is 1. The average molecular weight is 710 g/mol. The number of nitrogens with two attached hydrogens (primary N) is 2. The van der Waals surface area contributed by atoms with Gasteiger partial charge in [0.1, 0.15) is 28.9 Å². The number of anilines is 1. The molecular weight excluding hydrogens is 678 g/mol. The molecule has 2 fully saturated rings. The van der Waals surface area contributed by atoms with Gasteiger partial charge in [0.05, 0.1) is 5.41 Å². The molecule has 0 bridgehead atoms. The molecule has 0 saturated carbocycles. The molecule has 2 aromatic heterocycles. The summed E-state index contributed by atoms with van der Waals surface area (Å²) in [7, 11) is 0. The van der Waals surface area contributed by atoms with Crippen molar-refractivity contribution in [3.63, 3.8) is 0 Å². The topological polar surface area (TPSA) is 227 Å². The number of esters is 2. The van der Waals surface area contributed by atoms with Crippen LogP contribution < -0.4 is 16.8 Å². The Morgan fingerprint density at radius 1 is 1.30 bits per heavy atom. The third-order valence-corrected chi connectivity index (χ3v) is 10.4. The molecule has 2 saturated heterocycles. The molecule has 0 spiro atoms. The van der Waals surface area contributed by atoms with Crippen molar-refractivity contribution in [2.24, 2.45) is 21.7 Å². The van der Waals surface area contributed by atoms with Crippen LogP contribution in [0.25, 0.3) is 0 Å². The normalized spacial score (nSPS) is 21.4. The number of ether oxygens (including phenoxy) is 2. The molecule has 4 heterocycles. The van der Waals surface area contributed by atoms with Gasteiger partial charge in [-0.3, -0.25) is 19.2 Å². The van der Waals surface area contributed by atoms with Gasteiger partial charge in [0, 0.05) is 29.6 Å². The van der Waals surface area contributed by atoms with Gasteiger partial charge < -0.3 is 36.0 Å². The van der Waals surface area contributed by atoms with Crippen molar-refractivity contribution in [2.75, 3.05) is 43.7 Å². The summed E-state index contributed by atoms with van der Waals surface area (Å²) in [6.45, 7) is 5.09. The molecule has 0 radical (unpaired) electrons. The Bertz CT molecular complexity index is 1360. The number of nitrogens with one attached hydrogen (secondary N) is 1. The van der Waals surface area contributed by atoms with E-state index < -0.39 is 52.8 Å². The highest BCUT2D eigenvalue weighted by molar-refractivity contribution is 8.01. The van der Waals surface area contributed by atoms with E-state index in [4.69, 9.17) is 25.8 Å². The predicted molar refractivity (Wildman–Crippen MR) is 167 cm³/mol. The van der Waals surface area contributed by atoms with Gasteiger partial charge in [-0.1, -0.05) is 28.3 Å². The number of rotatable bonds is 13. The van der Waals surface area contributed by atoms with Crippen LogP contribution in [0.2, 0.25) is 0 Å². The highest BCUT2D eigenvalue weighted by Gasteiger charge is 2.58. The van der Waals surface area contributed by atoms with Crippen LogP contribution in [-0.4, -0.2) is 103 Å². The number of carbonyl (C=O) groups is 4. The number of fused-ring (bicyclic) bond motifs is 1. The van der Waals surface area contributed by atoms with Gasteiger partial charge in [-0.05, 0) is 33.7 Å². The van der Waals surface area contributed by atoms with Crippen molar-refractivity contribution >= 4 is 93.4 Å². The van der Waals surface area contributed by atoms with Crippen molar-refractivity contribution < 1.29 is 33.5 Å². The van der Waals surface area contributed by atoms with Crippen LogP contribution in [0.15, 0.2) is 15.0 Å². The van der Waals surface area contributed by atoms with E-state index in [-0.39, 0.29) is 53.7 Å². The van der Waals surface area contributed by atoms with E-state index in [1.54, 1.807) is 26.3 Å². The monoisotopic (exact) mass is 709 g/mol. The quantitative estimate of drug-likeness (QED) is 0.0495. The minimum Gasteiger partial charge on any atom is -0.427 e. The largest absolute Gasteiger partial charge is 0.427 e. The fourth-order valence-electron chi connectivity index (χ4n) is 3.81. The zero-order chi connectivity index (χ0) is 31.2. The van der Waals surface area contributed by atoms with E-state index >= 15 is 0 Å². The highest BCUT2D eigenvalue weighted by Crippen LogP contribution is 2.45. The molecule has 5 N–H and O–H groups in total. The number of aromatic nitrogens is 4. The standard InChI is InChI=1S/C23H31N9O7S4.ClH/c1-22(2,3)18(35)37-11-38-19(36)23(9-41-21-29-26-10-42-21)7-32-16(34)13(17(32)40-8-23)27-15(33)12(30-39-6-4-5-24)14-28-20(25)43-31-14;/h10,13,17H,4-9,11,24H2,1-3H3,(H,27,33)(H2,25,28,31);1H/t13?,17-,23?;/m1./s1. The maximum atomic E-state index is 13.4. The van der Waals surface area contributed by atoms with E-state index in [0.29, 0.717) is 17.3 Å². The number of carbonyl (C=O) groups excluding carboxylic acids is 4. The molecule has 4 rings (SSSR count). The van der Waals surface area contributed by atoms with Gasteiger partial charge in [-0.25, -0.2) is 0 Å². The Labute approximate surface area is 275 Å². The number of oxime groups is 1. The van der Waals surface area contributed by atoms with Crippen molar-refractivity contribution in [3.8, 4) is 0 Å². The van der Waals surface area contributed by atoms with Crippen LogP contribution in [0.3, 0.4) is 0 Å². The number of nitrogens with zero attached hydrogens (tertiary/aromatic N) is 6. The van der Waals surface area contributed by atoms with Gasteiger partial charge in [0.2, 0.25) is 24.2 Å². The fourth-order valence-corrected chi connectivity index (χ4v) is 7.58. The second-order valence-corrected chi connectivity index (χ2v) is 14.4. The van der Waals surface area contributed by atoms with Crippen LogP contribution in [0.1, 0.15) is 33.0 Å². The van der Waals surface area contributed by atoms with Crippen molar-refractivity contribution in [3.05, 3.63) is 11.3 Å². The molecule has 2 aliphatic heterocycles. The minimum absolute atomic E-state index is 0.